The molecule has 0 spiro atoms. The van der Waals surface area contributed by atoms with E-state index in [1.165, 1.54) is 19.2 Å². The number of rotatable bonds is 6. The van der Waals surface area contributed by atoms with Gasteiger partial charge in [0.2, 0.25) is 0 Å². The monoisotopic (exact) mass is 417 g/mol. The number of carbonyl (C=O) groups is 1. The maximum Gasteiger partial charge on any atom is 0.265 e. The van der Waals surface area contributed by atoms with Crippen molar-refractivity contribution in [2.45, 2.75) is 11.8 Å². The molecule has 4 aromatic rings. The predicted molar refractivity (Wildman–Crippen MR) is 116 cm³/mol. The number of hydrogen-bond acceptors (Lipinski definition) is 4. The molecule has 1 aromatic heterocycles. The van der Waals surface area contributed by atoms with Gasteiger partial charge in [0, 0.05) is 16.8 Å². The van der Waals surface area contributed by atoms with Gasteiger partial charge in [-0.25, -0.2) is 13.1 Å². The van der Waals surface area contributed by atoms with E-state index >= 15 is 0 Å². The number of sulfonamides is 1. The lowest BCUT2D eigenvalue weighted by atomic mass is 10.1. The third-order valence-electron chi connectivity index (χ3n) is 4.56. The summed E-state index contributed by atoms with van der Waals surface area (Å²) in [5.41, 5.74) is 2.52. The lowest BCUT2D eigenvalue weighted by Gasteiger charge is -2.09. The van der Waals surface area contributed by atoms with Crippen LogP contribution in [0.25, 0.3) is 16.9 Å². The van der Waals surface area contributed by atoms with Crippen molar-refractivity contribution in [2.75, 3.05) is 4.72 Å². The van der Waals surface area contributed by atoms with Crippen LogP contribution in [0.15, 0.2) is 96.0 Å². The minimum atomic E-state index is -3.97. The van der Waals surface area contributed by atoms with Gasteiger partial charge in [0.05, 0.1) is 11.9 Å². The van der Waals surface area contributed by atoms with E-state index < -0.39 is 10.0 Å². The maximum atomic E-state index is 13.3. The fourth-order valence-corrected chi connectivity index (χ4v) is 4.27. The molecule has 0 amide bonds. The first kappa shape index (κ1) is 19.6. The van der Waals surface area contributed by atoms with Gasteiger partial charge in [-0.2, -0.15) is 5.10 Å². The van der Waals surface area contributed by atoms with E-state index in [0.717, 1.165) is 5.69 Å². The van der Waals surface area contributed by atoms with Crippen LogP contribution < -0.4 is 4.72 Å². The number of benzene rings is 3. The number of nitrogens with one attached hydrogen (secondary N) is 1. The molecule has 0 unspecified atom stereocenters. The van der Waals surface area contributed by atoms with E-state index in [4.69, 9.17) is 0 Å². The van der Waals surface area contributed by atoms with Crippen LogP contribution in [0.2, 0.25) is 0 Å². The van der Waals surface area contributed by atoms with Crippen molar-refractivity contribution in [1.82, 2.24) is 9.78 Å². The summed E-state index contributed by atoms with van der Waals surface area (Å²) in [6.45, 7) is 1.44. The van der Waals surface area contributed by atoms with Gasteiger partial charge in [0.25, 0.3) is 10.0 Å². The first-order valence-corrected chi connectivity index (χ1v) is 10.8. The standard InChI is InChI=1S/C23H19N3O3S/c1-17(27)19-11-8-12-20(15-19)25-30(28,29)22-16-26(21-13-6-3-7-14-21)24-23(22)18-9-4-2-5-10-18/h2-16,25H,1H3. The van der Waals surface area contributed by atoms with Crippen molar-refractivity contribution in [1.29, 1.82) is 0 Å². The van der Waals surface area contributed by atoms with Crippen LogP contribution in [0.4, 0.5) is 5.69 Å². The molecular formula is C23H19N3O3S. The van der Waals surface area contributed by atoms with Gasteiger partial charge in [-0.15, -0.1) is 0 Å². The van der Waals surface area contributed by atoms with E-state index in [1.807, 2.05) is 60.7 Å². The smallest absolute Gasteiger partial charge is 0.265 e. The highest BCUT2D eigenvalue weighted by Crippen LogP contribution is 2.29. The largest absolute Gasteiger partial charge is 0.295 e. The Bertz CT molecular complexity index is 1300. The topological polar surface area (TPSA) is 81.1 Å². The zero-order valence-corrected chi connectivity index (χ0v) is 17.0. The lowest BCUT2D eigenvalue weighted by molar-refractivity contribution is 0.101. The molecule has 0 radical (unpaired) electrons. The SMILES string of the molecule is CC(=O)c1cccc(NS(=O)(=O)c2cn(-c3ccccc3)nc2-c2ccccc2)c1. The lowest BCUT2D eigenvalue weighted by Crippen LogP contribution is -2.13. The molecule has 30 heavy (non-hydrogen) atoms. The molecule has 0 saturated carbocycles. The fourth-order valence-electron chi connectivity index (χ4n) is 3.08. The summed E-state index contributed by atoms with van der Waals surface area (Å²) in [7, 11) is -3.97. The summed E-state index contributed by atoms with van der Waals surface area (Å²) >= 11 is 0. The first-order valence-electron chi connectivity index (χ1n) is 9.28. The molecule has 0 aliphatic carbocycles. The summed E-state index contributed by atoms with van der Waals surface area (Å²) in [5, 5.41) is 4.55. The molecule has 0 aliphatic heterocycles. The first-order chi connectivity index (χ1) is 14.4. The number of carbonyl (C=O) groups excluding carboxylic acids is 1. The Morgan fingerprint density at radius 1 is 0.900 bits per heavy atom. The van der Waals surface area contributed by atoms with Gasteiger partial charge >= 0.3 is 0 Å². The van der Waals surface area contributed by atoms with Crippen LogP contribution in [0.3, 0.4) is 0 Å². The van der Waals surface area contributed by atoms with Crippen LogP contribution in [0.5, 0.6) is 0 Å². The molecule has 1 heterocycles. The molecular weight excluding hydrogens is 398 g/mol. The predicted octanol–water partition coefficient (Wildman–Crippen LogP) is 4.54. The second kappa shape index (κ2) is 7.96. The van der Waals surface area contributed by atoms with E-state index in [2.05, 4.69) is 9.82 Å². The minimum Gasteiger partial charge on any atom is -0.295 e. The maximum absolute atomic E-state index is 13.3. The molecule has 0 saturated heterocycles. The van der Waals surface area contributed by atoms with E-state index in [9.17, 15) is 13.2 Å². The molecule has 0 aliphatic rings. The zero-order chi connectivity index (χ0) is 21.1. The van der Waals surface area contributed by atoms with Gasteiger partial charge in [-0.3, -0.25) is 9.52 Å². The van der Waals surface area contributed by atoms with Gasteiger partial charge in [-0.1, -0.05) is 60.7 Å². The Morgan fingerprint density at radius 2 is 1.57 bits per heavy atom. The fraction of sp³-hybridized carbons (Fsp3) is 0.0435. The molecule has 7 heteroatoms. The normalized spacial score (nSPS) is 11.2. The Balaban J connectivity index is 1.81. The average Bonchev–Trinajstić information content (AvgIpc) is 3.22. The highest BCUT2D eigenvalue weighted by atomic mass is 32.2. The Kier molecular flexibility index (Phi) is 5.20. The summed E-state index contributed by atoms with van der Waals surface area (Å²) in [5.74, 6) is -0.141. The molecule has 3 aromatic carbocycles. The molecule has 6 nitrogen and oxygen atoms in total. The van der Waals surface area contributed by atoms with E-state index in [-0.39, 0.29) is 10.7 Å². The van der Waals surface area contributed by atoms with Gasteiger partial charge in [0.1, 0.15) is 10.6 Å². The van der Waals surface area contributed by atoms with Gasteiger partial charge in [0.15, 0.2) is 5.78 Å². The van der Waals surface area contributed by atoms with Crippen LogP contribution in [-0.2, 0) is 10.0 Å². The zero-order valence-electron chi connectivity index (χ0n) is 16.2. The van der Waals surface area contributed by atoms with Crippen LogP contribution in [0, 0.1) is 0 Å². The third-order valence-corrected chi connectivity index (χ3v) is 5.94. The van der Waals surface area contributed by atoms with Crippen molar-refractivity contribution >= 4 is 21.5 Å². The Labute approximate surface area is 174 Å². The highest BCUT2D eigenvalue weighted by Gasteiger charge is 2.24. The van der Waals surface area contributed by atoms with Crippen molar-refractivity contribution in [3.8, 4) is 16.9 Å². The highest BCUT2D eigenvalue weighted by molar-refractivity contribution is 7.92. The molecule has 1 N–H and O–H groups in total. The number of Topliss-reactive ketones (excluding diaryl/α,β-unsaturated/α-hetero) is 1. The van der Waals surface area contributed by atoms with Gasteiger partial charge in [-0.05, 0) is 31.2 Å². The van der Waals surface area contributed by atoms with E-state index in [1.54, 1.807) is 22.9 Å². The minimum absolute atomic E-state index is 0.0470. The summed E-state index contributed by atoms with van der Waals surface area (Å²) in [4.78, 5) is 11.7. The number of anilines is 1. The van der Waals surface area contributed by atoms with Crippen molar-refractivity contribution in [3.05, 3.63) is 96.7 Å². The van der Waals surface area contributed by atoms with Crippen molar-refractivity contribution in [3.63, 3.8) is 0 Å². The summed E-state index contributed by atoms with van der Waals surface area (Å²) < 4.78 is 30.7. The second-order valence-corrected chi connectivity index (χ2v) is 8.38. The number of para-hydroxylation sites is 1. The third kappa shape index (κ3) is 4.01. The molecule has 0 fully saturated rings. The Morgan fingerprint density at radius 3 is 2.23 bits per heavy atom. The van der Waals surface area contributed by atoms with Crippen LogP contribution in [0.1, 0.15) is 17.3 Å². The summed E-state index contributed by atoms with van der Waals surface area (Å²) in [6, 6.07) is 24.8. The quantitative estimate of drug-likeness (QED) is 0.467. The Hall–Kier alpha value is -3.71. The van der Waals surface area contributed by atoms with Gasteiger partial charge < -0.3 is 0 Å². The average molecular weight is 417 g/mol. The number of aromatic nitrogens is 2. The second-order valence-electron chi connectivity index (χ2n) is 6.73. The molecule has 150 valence electrons. The van der Waals surface area contributed by atoms with E-state index in [0.29, 0.717) is 22.5 Å². The number of nitrogens with zero attached hydrogens (tertiary/aromatic N) is 2. The number of hydrogen-bond donors (Lipinski definition) is 1. The molecule has 0 bridgehead atoms. The van der Waals surface area contributed by atoms with Crippen molar-refractivity contribution in [2.24, 2.45) is 0 Å². The number of ketones is 1. The molecule has 4 rings (SSSR count). The molecule has 0 atom stereocenters. The summed E-state index contributed by atoms with van der Waals surface area (Å²) in [6.07, 6.45) is 1.49. The van der Waals surface area contributed by atoms with Crippen molar-refractivity contribution < 1.29 is 13.2 Å². The van der Waals surface area contributed by atoms with Crippen LogP contribution in [-0.4, -0.2) is 24.0 Å². The van der Waals surface area contributed by atoms with Crippen LogP contribution >= 0.6 is 0 Å².